The molecule has 8 heteroatoms. The van der Waals surface area contributed by atoms with Crippen LogP contribution in [0.15, 0.2) is 24.3 Å². The Balaban J connectivity index is 1.68. The fourth-order valence-electron chi connectivity index (χ4n) is 3.48. The predicted octanol–water partition coefficient (Wildman–Crippen LogP) is -0.285. The van der Waals surface area contributed by atoms with Gasteiger partial charge in [-0.2, -0.15) is 0 Å². The van der Waals surface area contributed by atoms with Gasteiger partial charge in [-0.1, -0.05) is 0 Å². The lowest BCUT2D eigenvalue weighted by Gasteiger charge is -2.36. The molecule has 2 aliphatic rings. The molecule has 0 bridgehead atoms. The zero-order valence-corrected chi connectivity index (χ0v) is 14.8. The van der Waals surface area contributed by atoms with E-state index in [9.17, 15) is 14.4 Å². The van der Waals surface area contributed by atoms with E-state index < -0.39 is 12.0 Å². The van der Waals surface area contributed by atoms with Crippen molar-refractivity contribution in [2.24, 2.45) is 0 Å². The van der Waals surface area contributed by atoms with E-state index in [2.05, 4.69) is 9.64 Å². The Bertz CT molecular complexity index is 683. The number of hydrogen-bond donors (Lipinski definition) is 1. The first-order valence-corrected chi connectivity index (χ1v) is 8.67. The first-order chi connectivity index (χ1) is 12.5. The average molecular weight is 361 g/mol. The van der Waals surface area contributed by atoms with Crippen molar-refractivity contribution in [2.75, 3.05) is 51.3 Å². The molecular weight excluding hydrogens is 338 g/mol. The molecule has 0 saturated carbocycles. The summed E-state index contributed by atoms with van der Waals surface area (Å²) < 4.78 is 4.65. The van der Waals surface area contributed by atoms with Crippen LogP contribution in [0.5, 0.6) is 0 Å². The summed E-state index contributed by atoms with van der Waals surface area (Å²) in [4.78, 5) is 42.1. The number of ether oxygens (including phenoxy) is 1. The summed E-state index contributed by atoms with van der Waals surface area (Å²) >= 11 is 0. The van der Waals surface area contributed by atoms with Gasteiger partial charge in [-0.3, -0.25) is 19.4 Å². The van der Waals surface area contributed by atoms with Gasteiger partial charge < -0.3 is 9.84 Å². The molecule has 140 valence electrons. The number of carbonyl (C=O) groups excluding carboxylic acids is 3. The lowest BCUT2D eigenvalue weighted by atomic mass is 10.1. The van der Waals surface area contributed by atoms with Crippen LogP contribution in [0.1, 0.15) is 16.8 Å². The van der Waals surface area contributed by atoms with E-state index in [-0.39, 0.29) is 24.8 Å². The number of carbonyl (C=O) groups is 3. The van der Waals surface area contributed by atoms with Crippen molar-refractivity contribution in [3.63, 3.8) is 0 Å². The van der Waals surface area contributed by atoms with Crippen LogP contribution in [0, 0.1) is 0 Å². The summed E-state index contributed by atoms with van der Waals surface area (Å²) in [6.07, 6.45) is 0.164. The highest BCUT2D eigenvalue weighted by molar-refractivity contribution is 6.22. The topological polar surface area (TPSA) is 90.4 Å². The molecule has 2 saturated heterocycles. The lowest BCUT2D eigenvalue weighted by molar-refractivity contribution is -0.123. The van der Waals surface area contributed by atoms with Crippen molar-refractivity contribution in [2.45, 2.75) is 12.5 Å². The molecule has 0 unspecified atom stereocenters. The van der Waals surface area contributed by atoms with Crippen LogP contribution < -0.4 is 4.90 Å². The van der Waals surface area contributed by atoms with Gasteiger partial charge in [0.2, 0.25) is 5.91 Å². The molecule has 2 aliphatic heterocycles. The van der Waals surface area contributed by atoms with E-state index in [0.717, 1.165) is 13.1 Å². The van der Waals surface area contributed by atoms with Gasteiger partial charge in [0, 0.05) is 32.7 Å². The number of piperazine rings is 1. The van der Waals surface area contributed by atoms with Gasteiger partial charge >= 0.3 is 5.97 Å². The van der Waals surface area contributed by atoms with Gasteiger partial charge in [-0.25, -0.2) is 9.69 Å². The first kappa shape index (κ1) is 18.5. The summed E-state index contributed by atoms with van der Waals surface area (Å²) in [5.74, 6) is -0.922. The molecule has 1 N–H and O–H groups in total. The second-order valence-electron chi connectivity index (χ2n) is 6.43. The largest absolute Gasteiger partial charge is 0.465 e. The van der Waals surface area contributed by atoms with Crippen LogP contribution >= 0.6 is 0 Å². The number of imide groups is 1. The lowest BCUT2D eigenvalue weighted by Crippen LogP contribution is -2.52. The van der Waals surface area contributed by atoms with E-state index in [1.54, 1.807) is 24.3 Å². The van der Waals surface area contributed by atoms with Gasteiger partial charge in [-0.15, -0.1) is 0 Å². The van der Waals surface area contributed by atoms with Crippen LogP contribution in [0.2, 0.25) is 0 Å². The van der Waals surface area contributed by atoms with Gasteiger partial charge in [0.1, 0.15) is 0 Å². The minimum atomic E-state index is -0.464. The number of amides is 2. The second kappa shape index (κ2) is 7.94. The summed E-state index contributed by atoms with van der Waals surface area (Å²) in [6, 6.07) is 5.82. The van der Waals surface area contributed by atoms with Crippen LogP contribution in [0.3, 0.4) is 0 Å². The highest BCUT2D eigenvalue weighted by Crippen LogP contribution is 2.26. The number of β-amino-alcohol motifs (C(OH)–C–C–N with tert-alkyl or cyclic N) is 1. The number of aliphatic hydroxyl groups excluding tert-OH is 1. The highest BCUT2D eigenvalue weighted by atomic mass is 16.5. The predicted molar refractivity (Wildman–Crippen MR) is 93.8 cm³/mol. The van der Waals surface area contributed by atoms with Gasteiger partial charge in [-0.05, 0) is 24.3 Å². The molecule has 26 heavy (non-hydrogen) atoms. The van der Waals surface area contributed by atoms with Crippen LogP contribution in [-0.2, 0) is 14.3 Å². The smallest absolute Gasteiger partial charge is 0.337 e. The third kappa shape index (κ3) is 3.62. The SMILES string of the molecule is COC(=O)c1ccc(N2C(=O)C[C@@H](N3CCN(CCO)CC3)C2=O)cc1. The zero-order chi connectivity index (χ0) is 18.7. The van der Waals surface area contributed by atoms with Crippen molar-refractivity contribution in [3.05, 3.63) is 29.8 Å². The maximum absolute atomic E-state index is 12.8. The van der Waals surface area contributed by atoms with E-state index in [1.165, 1.54) is 12.0 Å². The van der Waals surface area contributed by atoms with Crippen molar-refractivity contribution < 1.29 is 24.2 Å². The Morgan fingerprint density at radius 2 is 1.81 bits per heavy atom. The number of anilines is 1. The van der Waals surface area contributed by atoms with Gasteiger partial charge in [0.15, 0.2) is 0 Å². The third-order valence-electron chi connectivity index (χ3n) is 4.93. The molecule has 8 nitrogen and oxygen atoms in total. The number of esters is 1. The molecular formula is C18H23N3O5. The Hall–Kier alpha value is -2.29. The van der Waals surface area contributed by atoms with Crippen molar-refractivity contribution in [1.29, 1.82) is 0 Å². The molecule has 1 aromatic rings. The minimum absolute atomic E-state index is 0.121. The molecule has 0 spiro atoms. The molecule has 0 radical (unpaired) electrons. The van der Waals surface area contributed by atoms with E-state index >= 15 is 0 Å². The second-order valence-corrected chi connectivity index (χ2v) is 6.43. The molecule has 0 aromatic heterocycles. The number of methoxy groups -OCH3 is 1. The minimum Gasteiger partial charge on any atom is -0.465 e. The Morgan fingerprint density at radius 1 is 1.15 bits per heavy atom. The molecule has 2 amide bonds. The number of hydrogen-bond acceptors (Lipinski definition) is 7. The first-order valence-electron chi connectivity index (χ1n) is 8.67. The Kier molecular flexibility index (Phi) is 5.65. The number of aliphatic hydroxyl groups is 1. The maximum atomic E-state index is 12.8. The fourth-order valence-corrected chi connectivity index (χ4v) is 3.48. The van der Waals surface area contributed by atoms with Crippen LogP contribution in [-0.4, -0.2) is 85.2 Å². The number of benzene rings is 1. The monoisotopic (exact) mass is 361 g/mol. The summed E-state index contributed by atoms with van der Waals surface area (Å²) in [5, 5.41) is 9.01. The van der Waals surface area contributed by atoms with Gasteiger partial charge in [0.05, 0.1) is 37.4 Å². The average Bonchev–Trinajstić information content (AvgIpc) is 2.96. The number of rotatable bonds is 5. The quantitative estimate of drug-likeness (QED) is 0.570. The van der Waals surface area contributed by atoms with E-state index in [1.807, 2.05) is 4.90 Å². The molecule has 2 fully saturated rings. The molecule has 3 rings (SSSR count). The third-order valence-corrected chi connectivity index (χ3v) is 4.93. The molecule has 2 heterocycles. The maximum Gasteiger partial charge on any atom is 0.337 e. The molecule has 1 atom stereocenters. The summed E-state index contributed by atoms with van der Waals surface area (Å²) in [6.45, 7) is 3.68. The van der Waals surface area contributed by atoms with Crippen LogP contribution in [0.25, 0.3) is 0 Å². The van der Waals surface area contributed by atoms with Crippen molar-refractivity contribution in [1.82, 2.24) is 9.80 Å². The standard InChI is InChI=1S/C18H23N3O5/c1-26-18(25)13-2-4-14(5-3-13)21-16(23)12-15(17(21)24)20-8-6-19(7-9-20)10-11-22/h2-5,15,22H,6-12H2,1H3/t15-/m1/s1. The summed E-state index contributed by atoms with van der Waals surface area (Å²) in [5.41, 5.74) is 0.834. The zero-order valence-electron chi connectivity index (χ0n) is 14.8. The van der Waals surface area contributed by atoms with Crippen LogP contribution in [0.4, 0.5) is 5.69 Å². The Labute approximate surface area is 151 Å². The Morgan fingerprint density at radius 3 is 2.38 bits per heavy atom. The van der Waals surface area contributed by atoms with Gasteiger partial charge in [0.25, 0.3) is 5.91 Å². The molecule has 1 aromatic carbocycles. The number of nitrogens with zero attached hydrogens (tertiary/aromatic N) is 3. The highest BCUT2D eigenvalue weighted by Gasteiger charge is 2.43. The fraction of sp³-hybridized carbons (Fsp3) is 0.500. The van der Waals surface area contributed by atoms with E-state index in [4.69, 9.17) is 5.11 Å². The normalized spacial score (nSPS) is 22.1. The van der Waals surface area contributed by atoms with Crippen molar-refractivity contribution >= 4 is 23.5 Å². The molecule has 0 aliphatic carbocycles. The van der Waals surface area contributed by atoms with Crippen molar-refractivity contribution in [3.8, 4) is 0 Å². The van der Waals surface area contributed by atoms with E-state index in [0.29, 0.717) is 30.9 Å². The summed E-state index contributed by atoms with van der Waals surface area (Å²) in [7, 11) is 1.30.